The lowest BCUT2D eigenvalue weighted by atomic mass is 10.3. The van der Waals surface area contributed by atoms with Crippen molar-refractivity contribution in [2.75, 3.05) is 12.0 Å². The Kier molecular flexibility index (Phi) is 5.79. The molecule has 2 atom stereocenters. The largest absolute Gasteiger partial charge is 0.347 e. The zero-order valence-electron chi connectivity index (χ0n) is 11.4. The first-order valence-corrected chi connectivity index (χ1v) is 9.94. The third-order valence-corrected chi connectivity index (χ3v) is 4.88. The van der Waals surface area contributed by atoms with E-state index < -0.39 is 25.8 Å². The van der Waals surface area contributed by atoms with E-state index in [0.717, 1.165) is 0 Å². The molecule has 0 spiro atoms. The zero-order chi connectivity index (χ0) is 15.5. The van der Waals surface area contributed by atoms with E-state index in [1.807, 2.05) is 0 Å². The van der Waals surface area contributed by atoms with Crippen molar-refractivity contribution < 1.29 is 17.4 Å². The molecule has 114 valence electrons. The Hall–Kier alpha value is -0.860. The fourth-order valence-electron chi connectivity index (χ4n) is 1.76. The van der Waals surface area contributed by atoms with Gasteiger partial charge in [-0.2, -0.15) is 0 Å². The van der Waals surface area contributed by atoms with Crippen LogP contribution in [0.5, 0.6) is 0 Å². The molecular weight excluding hydrogens is 324 g/mol. The third-order valence-electron chi connectivity index (χ3n) is 2.59. The van der Waals surface area contributed by atoms with Gasteiger partial charge >= 0.3 is 0 Å². The summed E-state index contributed by atoms with van der Waals surface area (Å²) in [4.78, 5) is 12.0. The van der Waals surface area contributed by atoms with Crippen molar-refractivity contribution in [3.8, 4) is 0 Å². The Balaban J connectivity index is 2.98. The zero-order valence-corrected chi connectivity index (χ0v) is 13.8. The smallest absolute Gasteiger partial charge is 0.268 e. The molecule has 0 saturated carbocycles. The van der Waals surface area contributed by atoms with Crippen molar-refractivity contribution in [3.63, 3.8) is 0 Å². The average molecular weight is 341 g/mol. The number of nitrogens with zero attached hydrogens (tertiary/aromatic N) is 1. The quantitative estimate of drug-likeness (QED) is 0.781. The molecule has 0 fully saturated rings. The van der Waals surface area contributed by atoms with Crippen LogP contribution in [0.4, 0.5) is 0 Å². The van der Waals surface area contributed by atoms with Crippen LogP contribution in [-0.4, -0.2) is 41.2 Å². The number of aryl methyl sites for hydroxylation is 1. The Labute approximate surface area is 125 Å². The van der Waals surface area contributed by atoms with Crippen molar-refractivity contribution >= 4 is 36.4 Å². The minimum Gasteiger partial charge on any atom is -0.347 e. The Morgan fingerprint density at radius 2 is 2.15 bits per heavy atom. The molecule has 0 aliphatic heterocycles. The van der Waals surface area contributed by atoms with Crippen LogP contribution in [0.1, 0.15) is 24.3 Å². The van der Waals surface area contributed by atoms with E-state index in [4.69, 9.17) is 10.7 Å². The van der Waals surface area contributed by atoms with E-state index in [1.54, 1.807) is 20.1 Å². The normalized spacial score (nSPS) is 14.8. The maximum absolute atomic E-state index is 12.1. The van der Waals surface area contributed by atoms with Crippen molar-refractivity contribution in [1.29, 1.82) is 0 Å². The van der Waals surface area contributed by atoms with E-state index in [2.05, 4.69) is 5.32 Å². The summed E-state index contributed by atoms with van der Waals surface area (Å²) in [5.74, 6) is -0.0875. The molecule has 1 amide bonds. The predicted molar refractivity (Wildman–Crippen MR) is 79.0 cm³/mol. The second-order valence-electron chi connectivity index (χ2n) is 4.40. The molecule has 0 radical (unpaired) electrons. The Morgan fingerprint density at radius 1 is 1.55 bits per heavy atom. The molecule has 20 heavy (non-hydrogen) atoms. The maximum Gasteiger partial charge on any atom is 0.268 e. The Bertz CT molecular complexity index is 624. The number of carbonyl (C=O) groups excluding carboxylic acids is 1. The number of rotatable bonds is 6. The van der Waals surface area contributed by atoms with Crippen LogP contribution in [-0.2, 0) is 26.4 Å². The molecule has 1 heterocycles. The van der Waals surface area contributed by atoms with Gasteiger partial charge in [0.1, 0.15) is 10.6 Å². The van der Waals surface area contributed by atoms with E-state index in [9.17, 15) is 17.4 Å². The first kappa shape index (κ1) is 17.2. The SMILES string of the molecule is CCn1cc(S(=O)(=O)Cl)cc1C(=O)NC(C)CS(C)=O. The standard InChI is InChI=1S/C11H17ClN2O4S2/c1-4-14-6-9(20(12,17)18)5-10(14)11(15)13-8(2)7-19(3)16/h5-6,8H,4,7H2,1-3H3,(H,13,15). The highest BCUT2D eigenvalue weighted by Crippen LogP contribution is 2.18. The lowest BCUT2D eigenvalue weighted by molar-refractivity contribution is 0.0934. The molecular formula is C11H17ClN2O4S2. The van der Waals surface area contributed by atoms with E-state index in [0.29, 0.717) is 12.3 Å². The summed E-state index contributed by atoms with van der Waals surface area (Å²) in [6.07, 6.45) is 2.87. The number of aromatic nitrogens is 1. The molecule has 2 unspecified atom stereocenters. The molecule has 0 saturated heterocycles. The first-order chi connectivity index (χ1) is 9.15. The monoisotopic (exact) mass is 340 g/mol. The average Bonchev–Trinajstić information content (AvgIpc) is 2.70. The lowest BCUT2D eigenvalue weighted by Crippen LogP contribution is -2.37. The number of hydrogen-bond acceptors (Lipinski definition) is 4. The Morgan fingerprint density at radius 3 is 2.60 bits per heavy atom. The maximum atomic E-state index is 12.1. The van der Waals surface area contributed by atoms with Gasteiger partial charge in [0, 0.05) is 52.3 Å². The number of halogens is 1. The number of nitrogens with one attached hydrogen (secondary N) is 1. The molecule has 1 rings (SSSR count). The van der Waals surface area contributed by atoms with Gasteiger partial charge in [-0.3, -0.25) is 9.00 Å². The van der Waals surface area contributed by atoms with Gasteiger partial charge < -0.3 is 9.88 Å². The molecule has 0 aliphatic rings. The highest BCUT2D eigenvalue weighted by atomic mass is 35.7. The van der Waals surface area contributed by atoms with E-state index in [1.165, 1.54) is 16.8 Å². The molecule has 0 aliphatic carbocycles. The van der Waals surface area contributed by atoms with Gasteiger partial charge in [-0.15, -0.1) is 0 Å². The van der Waals surface area contributed by atoms with Gasteiger partial charge in [-0.05, 0) is 19.9 Å². The van der Waals surface area contributed by atoms with Crippen molar-refractivity contribution in [2.45, 2.75) is 31.3 Å². The summed E-state index contributed by atoms with van der Waals surface area (Å²) in [6, 6.07) is 0.959. The van der Waals surface area contributed by atoms with Gasteiger partial charge in [-0.25, -0.2) is 8.42 Å². The number of amides is 1. The summed E-state index contributed by atoms with van der Waals surface area (Å²) in [7, 11) is 0.371. The van der Waals surface area contributed by atoms with Crippen molar-refractivity contribution in [3.05, 3.63) is 18.0 Å². The summed E-state index contributed by atoms with van der Waals surface area (Å²) >= 11 is 0. The summed E-state index contributed by atoms with van der Waals surface area (Å²) in [6.45, 7) is 3.95. The highest BCUT2D eigenvalue weighted by molar-refractivity contribution is 8.13. The van der Waals surface area contributed by atoms with Crippen LogP contribution in [0.2, 0.25) is 0 Å². The van der Waals surface area contributed by atoms with Crippen molar-refractivity contribution in [2.24, 2.45) is 0 Å². The van der Waals surface area contributed by atoms with Gasteiger partial charge in [0.05, 0.1) is 0 Å². The molecule has 6 nitrogen and oxygen atoms in total. The van der Waals surface area contributed by atoms with Crippen LogP contribution in [0.25, 0.3) is 0 Å². The second-order valence-corrected chi connectivity index (χ2v) is 8.44. The fraction of sp³-hybridized carbons (Fsp3) is 0.545. The fourth-order valence-corrected chi connectivity index (χ4v) is 3.31. The minimum absolute atomic E-state index is 0.113. The third kappa shape index (κ3) is 4.60. The van der Waals surface area contributed by atoms with Crippen LogP contribution in [0.3, 0.4) is 0 Å². The van der Waals surface area contributed by atoms with Crippen LogP contribution in [0, 0.1) is 0 Å². The molecule has 1 N–H and O–H groups in total. The molecule has 9 heteroatoms. The van der Waals surface area contributed by atoms with E-state index >= 15 is 0 Å². The lowest BCUT2D eigenvalue weighted by Gasteiger charge is -2.13. The first-order valence-electron chi connectivity index (χ1n) is 5.90. The summed E-state index contributed by atoms with van der Waals surface area (Å²) in [5, 5.41) is 2.68. The molecule has 0 aromatic carbocycles. The number of carbonyl (C=O) groups is 1. The van der Waals surface area contributed by atoms with Crippen LogP contribution >= 0.6 is 10.7 Å². The van der Waals surface area contributed by atoms with Gasteiger partial charge in [0.2, 0.25) is 0 Å². The second kappa shape index (κ2) is 6.73. The molecule has 0 bridgehead atoms. The van der Waals surface area contributed by atoms with Crippen molar-refractivity contribution in [1.82, 2.24) is 9.88 Å². The number of hydrogen-bond donors (Lipinski definition) is 1. The van der Waals surface area contributed by atoms with Gasteiger partial charge in [-0.1, -0.05) is 0 Å². The van der Waals surface area contributed by atoms with Gasteiger partial charge in [0.25, 0.3) is 15.0 Å². The highest BCUT2D eigenvalue weighted by Gasteiger charge is 2.20. The molecule has 1 aromatic rings. The van der Waals surface area contributed by atoms with Crippen LogP contribution in [0.15, 0.2) is 17.2 Å². The summed E-state index contributed by atoms with van der Waals surface area (Å²) in [5.41, 5.74) is 0.209. The predicted octanol–water partition coefficient (Wildman–Crippen LogP) is 0.932. The van der Waals surface area contributed by atoms with Crippen LogP contribution < -0.4 is 5.32 Å². The molecule has 1 aromatic heterocycles. The topological polar surface area (TPSA) is 85.2 Å². The summed E-state index contributed by atoms with van der Waals surface area (Å²) < 4.78 is 35.2. The minimum atomic E-state index is -3.87. The van der Waals surface area contributed by atoms with E-state index in [-0.39, 0.29) is 16.6 Å². The van der Waals surface area contributed by atoms with Gasteiger partial charge in [0.15, 0.2) is 0 Å².